The monoisotopic (exact) mass is 246 g/mol. The standard InChI is InChI=1S/C11H10N4S.CH4/c1-16-11-9(7-12)10(13)15(14-11)8-5-3-2-4-6-8;/h2-6H,13H2,1H3;1H4. The molecule has 0 unspecified atom stereocenters. The second-order valence-corrected chi connectivity index (χ2v) is 3.92. The Balaban J connectivity index is 0.00000144. The van der Waals surface area contributed by atoms with Crippen molar-refractivity contribution in [3.63, 3.8) is 0 Å². The Morgan fingerprint density at radius 3 is 2.47 bits per heavy atom. The Morgan fingerprint density at radius 1 is 1.35 bits per heavy atom. The van der Waals surface area contributed by atoms with Gasteiger partial charge in [0.15, 0.2) is 0 Å². The smallest absolute Gasteiger partial charge is 0.146 e. The molecule has 2 N–H and O–H groups in total. The fourth-order valence-corrected chi connectivity index (χ4v) is 1.94. The Labute approximate surface area is 105 Å². The van der Waals surface area contributed by atoms with Crippen molar-refractivity contribution in [2.75, 3.05) is 12.0 Å². The minimum absolute atomic E-state index is 0. The molecule has 0 bridgehead atoms. The topological polar surface area (TPSA) is 67.6 Å². The van der Waals surface area contributed by atoms with E-state index in [2.05, 4.69) is 11.2 Å². The van der Waals surface area contributed by atoms with Crippen LogP contribution in [0.3, 0.4) is 0 Å². The van der Waals surface area contributed by atoms with Gasteiger partial charge in [-0.25, -0.2) is 4.68 Å². The molecule has 0 fully saturated rings. The molecular weight excluding hydrogens is 232 g/mol. The number of para-hydroxylation sites is 1. The van der Waals surface area contributed by atoms with Gasteiger partial charge in [-0.1, -0.05) is 25.6 Å². The lowest BCUT2D eigenvalue weighted by Gasteiger charge is -2.02. The van der Waals surface area contributed by atoms with Gasteiger partial charge >= 0.3 is 0 Å². The molecule has 1 aromatic heterocycles. The minimum atomic E-state index is 0. The van der Waals surface area contributed by atoms with E-state index in [1.807, 2.05) is 36.6 Å². The Hall–Kier alpha value is -1.93. The van der Waals surface area contributed by atoms with Crippen molar-refractivity contribution in [3.8, 4) is 11.8 Å². The van der Waals surface area contributed by atoms with E-state index in [0.717, 1.165) is 5.69 Å². The van der Waals surface area contributed by atoms with Gasteiger partial charge in [-0.15, -0.1) is 11.8 Å². The van der Waals surface area contributed by atoms with Crippen LogP contribution in [0.5, 0.6) is 0 Å². The molecule has 2 aromatic rings. The number of hydrogen-bond acceptors (Lipinski definition) is 4. The molecule has 1 aromatic carbocycles. The lowest BCUT2D eigenvalue weighted by molar-refractivity contribution is 0.846. The van der Waals surface area contributed by atoms with Crippen LogP contribution in [0.1, 0.15) is 13.0 Å². The first-order chi connectivity index (χ1) is 7.77. The van der Waals surface area contributed by atoms with E-state index >= 15 is 0 Å². The fraction of sp³-hybridized carbons (Fsp3) is 0.167. The summed E-state index contributed by atoms with van der Waals surface area (Å²) in [6, 6.07) is 11.6. The molecule has 0 atom stereocenters. The van der Waals surface area contributed by atoms with Gasteiger partial charge in [0, 0.05) is 0 Å². The number of nitrogen functional groups attached to an aromatic ring is 1. The third-order valence-corrected chi connectivity index (χ3v) is 2.87. The molecule has 5 heteroatoms. The highest BCUT2D eigenvalue weighted by Gasteiger charge is 2.15. The first-order valence-electron chi connectivity index (χ1n) is 4.66. The summed E-state index contributed by atoms with van der Waals surface area (Å²) >= 11 is 1.42. The van der Waals surface area contributed by atoms with E-state index < -0.39 is 0 Å². The van der Waals surface area contributed by atoms with Crippen molar-refractivity contribution in [1.82, 2.24) is 9.78 Å². The van der Waals surface area contributed by atoms with E-state index in [0.29, 0.717) is 16.4 Å². The number of aromatic nitrogens is 2. The molecule has 0 aliphatic carbocycles. The van der Waals surface area contributed by atoms with Crippen molar-refractivity contribution in [1.29, 1.82) is 5.26 Å². The molecule has 0 radical (unpaired) electrons. The number of nitrogens with zero attached hydrogens (tertiary/aromatic N) is 3. The van der Waals surface area contributed by atoms with Crippen LogP contribution in [0, 0.1) is 11.3 Å². The number of benzene rings is 1. The first-order valence-corrected chi connectivity index (χ1v) is 5.88. The van der Waals surface area contributed by atoms with E-state index in [1.54, 1.807) is 4.68 Å². The average Bonchev–Trinajstić information content (AvgIpc) is 2.66. The highest BCUT2D eigenvalue weighted by Crippen LogP contribution is 2.26. The van der Waals surface area contributed by atoms with E-state index in [4.69, 9.17) is 11.0 Å². The van der Waals surface area contributed by atoms with Crippen molar-refractivity contribution < 1.29 is 0 Å². The maximum Gasteiger partial charge on any atom is 0.146 e. The molecule has 2 rings (SSSR count). The van der Waals surface area contributed by atoms with Gasteiger partial charge in [0.05, 0.1) is 5.69 Å². The second-order valence-electron chi connectivity index (χ2n) is 3.13. The number of anilines is 1. The maximum absolute atomic E-state index is 8.99. The SMILES string of the molecule is C.CSc1nn(-c2ccccc2)c(N)c1C#N. The molecular formula is C12H14N4S. The van der Waals surface area contributed by atoms with Crippen LogP contribution in [0.15, 0.2) is 35.4 Å². The van der Waals surface area contributed by atoms with Crippen molar-refractivity contribution in [2.45, 2.75) is 12.5 Å². The summed E-state index contributed by atoms with van der Waals surface area (Å²) in [6.07, 6.45) is 1.87. The van der Waals surface area contributed by atoms with Gasteiger partial charge in [0.1, 0.15) is 22.5 Å². The van der Waals surface area contributed by atoms with E-state index in [1.165, 1.54) is 11.8 Å². The van der Waals surface area contributed by atoms with Gasteiger partial charge in [0.2, 0.25) is 0 Å². The third kappa shape index (κ3) is 2.27. The van der Waals surface area contributed by atoms with E-state index in [-0.39, 0.29) is 7.43 Å². The highest BCUT2D eigenvalue weighted by molar-refractivity contribution is 7.98. The normalized spacial score (nSPS) is 9.41. The van der Waals surface area contributed by atoms with Gasteiger partial charge in [-0.3, -0.25) is 0 Å². The molecule has 0 aliphatic rings. The summed E-state index contributed by atoms with van der Waals surface area (Å²) in [6.45, 7) is 0. The molecule has 17 heavy (non-hydrogen) atoms. The molecule has 0 saturated carbocycles. The molecule has 0 aliphatic heterocycles. The van der Waals surface area contributed by atoms with Crippen LogP contribution in [0.2, 0.25) is 0 Å². The molecule has 1 heterocycles. The predicted molar refractivity (Wildman–Crippen MR) is 71.2 cm³/mol. The number of nitrogens with two attached hydrogens (primary N) is 1. The molecule has 4 nitrogen and oxygen atoms in total. The van der Waals surface area contributed by atoms with Crippen molar-refractivity contribution in [3.05, 3.63) is 35.9 Å². The van der Waals surface area contributed by atoms with E-state index in [9.17, 15) is 0 Å². The molecule has 88 valence electrons. The zero-order chi connectivity index (χ0) is 11.5. The van der Waals surface area contributed by atoms with Crippen LogP contribution in [0.25, 0.3) is 5.69 Å². The van der Waals surface area contributed by atoms with Crippen LogP contribution < -0.4 is 5.73 Å². The summed E-state index contributed by atoms with van der Waals surface area (Å²) in [4.78, 5) is 0. The average molecular weight is 246 g/mol. The number of nitriles is 1. The molecule has 0 spiro atoms. The first kappa shape index (κ1) is 13.1. The van der Waals surface area contributed by atoms with Crippen LogP contribution in [0.4, 0.5) is 5.82 Å². The zero-order valence-corrected chi connectivity index (χ0v) is 9.53. The Morgan fingerprint density at radius 2 is 2.00 bits per heavy atom. The van der Waals surface area contributed by atoms with Crippen LogP contribution in [-0.4, -0.2) is 16.0 Å². The largest absolute Gasteiger partial charge is 0.382 e. The van der Waals surface area contributed by atoms with Crippen molar-refractivity contribution in [2.24, 2.45) is 0 Å². The highest BCUT2D eigenvalue weighted by atomic mass is 32.2. The Kier molecular flexibility index (Phi) is 4.18. The fourth-order valence-electron chi connectivity index (χ4n) is 1.42. The number of thioether (sulfide) groups is 1. The van der Waals surface area contributed by atoms with Gasteiger partial charge in [-0.05, 0) is 18.4 Å². The number of rotatable bonds is 2. The van der Waals surface area contributed by atoms with Crippen LogP contribution in [-0.2, 0) is 0 Å². The summed E-state index contributed by atoms with van der Waals surface area (Å²) in [5.74, 6) is 0.387. The second kappa shape index (κ2) is 5.41. The van der Waals surface area contributed by atoms with Gasteiger partial charge in [-0.2, -0.15) is 10.4 Å². The zero-order valence-electron chi connectivity index (χ0n) is 8.71. The minimum Gasteiger partial charge on any atom is -0.382 e. The lowest BCUT2D eigenvalue weighted by Crippen LogP contribution is -2.01. The maximum atomic E-state index is 8.99. The Bertz CT molecular complexity index is 540. The summed E-state index contributed by atoms with van der Waals surface area (Å²) in [5.41, 5.74) is 7.19. The summed E-state index contributed by atoms with van der Waals surface area (Å²) in [5, 5.41) is 14.0. The predicted octanol–water partition coefficient (Wildman–Crippen LogP) is 2.68. The van der Waals surface area contributed by atoms with Gasteiger partial charge in [0.25, 0.3) is 0 Å². The van der Waals surface area contributed by atoms with Crippen molar-refractivity contribution >= 4 is 17.6 Å². The quantitative estimate of drug-likeness (QED) is 0.827. The van der Waals surface area contributed by atoms with Crippen LogP contribution >= 0.6 is 11.8 Å². The summed E-state index contributed by atoms with van der Waals surface area (Å²) < 4.78 is 1.59. The summed E-state index contributed by atoms with van der Waals surface area (Å²) in [7, 11) is 0. The molecule has 0 saturated heterocycles. The molecule has 0 amide bonds. The number of hydrogen-bond donors (Lipinski definition) is 1. The van der Waals surface area contributed by atoms with Gasteiger partial charge < -0.3 is 5.73 Å². The third-order valence-electron chi connectivity index (χ3n) is 2.19. The lowest BCUT2D eigenvalue weighted by atomic mass is 10.3.